The average Bonchev–Trinajstić information content (AvgIpc) is 2.45. The number of rotatable bonds is 7. The topological polar surface area (TPSA) is 39.1 Å². The van der Waals surface area contributed by atoms with Crippen LogP contribution in [0.2, 0.25) is 0 Å². The number of nitrogens with one attached hydrogen (secondary N) is 1. The van der Waals surface area contributed by atoms with Gasteiger partial charge in [0.2, 0.25) is 0 Å². The van der Waals surface area contributed by atoms with E-state index >= 15 is 0 Å². The van der Waals surface area contributed by atoms with Crippen molar-refractivity contribution in [1.82, 2.24) is 9.62 Å². The molecule has 1 rings (SSSR count). The monoisotopic (exact) mass is 345 g/mol. The smallest absolute Gasteiger partial charge is 0.323 e. The van der Waals surface area contributed by atoms with E-state index < -0.39 is 5.51 Å². The Bertz CT molecular complexity index is 498. The van der Waals surface area contributed by atoms with Crippen molar-refractivity contribution in [2.75, 3.05) is 19.6 Å². The molecule has 0 amide bonds. The lowest BCUT2D eigenvalue weighted by atomic mass is 9.78. The molecule has 1 aliphatic rings. The van der Waals surface area contributed by atoms with Gasteiger partial charge in [0.05, 0.1) is 18.0 Å². The van der Waals surface area contributed by atoms with E-state index in [1.807, 2.05) is 0 Å². The Kier molecular flexibility index (Phi) is 7.23. The Morgan fingerprint density at radius 3 is 2.52 bits per heavy atom. The Labute approximate surface area is 140 Å². The summed E-state index contributed by atoms with van der Waals surface area (Å²) in [4.78, 5) is 2.20. The fourth-order valence-corrected chi connectivity index (χ4v) is 2.79. The van der Waals surface area contributed by atoms with Crippen LogP contribution in [0.3, 0.4) is 0 Å². The highest BCUT2D eigenvalue weighted by atomic mass is 32.2. The zero-order valence-corrected chi connectivity index (χ0v) is 14.1. The van der Waals surface area contributed by atoms with Gasteiger partial charge in [-0.3, -0.25) is 4.90 Å². The quantitative estimate of drug-likeness (QED) is 0.549. The molecule has 0 radical (unpaired) electrons. The van der Waals surface area contributed by atoms with Crippen LogP contribution >= 0.6 is 11.9 Å². The van der Waals surface area contributed by atoms with Crippen molar-refractivity contribution in [1.29, 1.82) is 5.26 Å². The van der Waals surface area contributed by atoms with Gasteiger partial charge in [0.15, 0.2) is 0 Å². The van der Waals surface area contributed by atoms with Crippen LogP contribution in [-0.4, -0.2) is 30.0 Å². The van der Waals surface area contributed by atoms with E-state index in [-0.39, 0.29) is 23.1 Å². The number of piperidine rings is 1. The SMILES string of the molecule is C=C/C(=C\C(=C)CN1CCC(C)(CC#N)CC1)NSC(F)(F)F. The minimum absolute atomic E-state index is 0.0691. The first-order chi connectivity index (χ1) is 10.7. The summed E-state index contributed by atoms with van der Waals surface area (Å²) >= 11 is -0.315. The van der Waals surface area contributed by atoms with Gasteiger partial charge in [0.1, 0.15) is 0 Å². The molecule has 23 heavy (non-hydrogen) atoms. The van der Waals surface area contributed by atoms with Crippen molar-refractivity contribution in [3.05, 3.63) is 36.6 Å². The van der Waals surface area contributed by atoms with Gasteiger partial charge in [0, 0.05) is 18.7 Å². The molecule has 0 bridgehead atoms. The molecule has 0 spiro atoms. The first kappa shape index (κ1) is 19.7. The van der Waals surface area contributed by atoms with Crippen LogP contribution in [0.1, 0.15) is 26.2 Å². The summed E-state index contributed by atoms with van der Waals surface area (Å²) < 4.78 is 38.8. The maximum atomic E-state index is 12.2. The van der Waals surface area contributed by atoms with E-state index in [4.69, 9.17) is 5.26 Å². The van der Waals surface area contributed by atoms with Crippen molar-refractivity contribution in [3.8, 4) is 6.07 Å². The summed E-state index contributed by atoms with van der Waals surface area (Å²) in [6, 6.07) is 2.23. The molecule has 0 aromatic rings. The van der Waals surface area contributed by atoms with E-state index in [9.17, 15) is 13.2 Å². The Morgan fingerprint density at radius 2 is 2.04 bits per heavy atom. The minimum Gasteiger partial charge on any atom is -0.323 e. The zero-order chi connectivity index (χ0) is 17.5. The lowest BCUT2D eigenvalue weighted by Gasteiger charge is -2.38. The molecule has 0 atom stereocenters. The molecule has 0 unspecified atom stereocenters. The predicted molar refractivity (Wildman–Crippen MR) is 88.2 cm³/mol. The fourth-order valence-electron chi connectivity index (χ4n) is 2.42. The molecular weight excluding hydrogens is 323 g/mol. The molecule has 1 fully saturated rings. The molecule has 1 heterocycles. The van der Waals surface area contributed by atoms with Gasteiger partial charge < -0.3 is 4.72 Å². The molecule has 1 aliphatic heterocycles. The number of allylic oxidation sites excluding steroid dienone is 1. The van der Waals surface area contributed by atoms with Crippen LogP contribution < -0.4 is 4.72 Å². The highest BCUT2D eigenvalue weighted by molar-refractivity contribution is 7.98. The summed E-state index contributed by atoms with van der Waals surface area (Å²) in [7, 11) is 0. The molecular formula is C16H22F3N3S. The fraction of sp³-hybridized carbons (Fsp3) is 0.562. The summed E-state index contributed by atoms with van der Waals surface area (Å²) in [5.41, 5.74) is -3.27. The van der Waals surface area contributed by atoms with Gasteiger partial charge in [-0.1, -0.05) is 20.1 Å². The van der Waals surface area contributed by atoms with E-state index in [2.05, 4.69) is 35.8 Å². The summed E-state index contributed by atoms with van der Waals surface area (Å²) in [5.74, 6) is 0. The number of likely N-dealkylation sites (tertiary alicyclic amines) is 1. The maximum Gasteiger partial charge on any atom is 0.461 e. The molecule has 3 nitrogen and oxygen atoms in total. The van der Waals surface area contributed by atoms with Crippen LogP contribution in [0.25, 0.3) is 0 Å². The van der Waals surface area contributed by atoms with Gasteiger partial charge in [-0.25, -0.2) is 0 Å². The van der Waals surface area contributed by atoms with Crippen molar-refractivity contribution in [2.45, 2.75) is 31.7 Å². The molecule has 128 valence electrons. The first-order valence-electron chi connectivity index (χ1n) is 7.29. The largest absolute Gasteiger partial charge is 0.461 e. The van der Waals surface area contributed by atoms with Crippen molar-refractivity contribution < 1.29 is 13.2 Å². The highest BCUT2D eigenvalue weighted by Gasteiger charge is 2.30. The Balaban J connectivity index is 2.48. The standard InChI is InChI=1S/C16H22F3N3S/c1-4-14(21-23-16(17,18)19)11-13(2)12-22-9-6-15(3,5-8-20)7-10-22/h4,11,21H,1-2,5-7,9-10,12H2,3H3/b14-11+. The van der Waals surface area contributed by atoms with Crippen LogP contribution in [-0.2, 0) is 0 Å². The highest BCUT2D eigenvalue weighted by Crippen LogP contribution is 2.34. The molecule has 0 saturated carbocycles. The van der Waals surface area contributed by atoms with E-state index in [1.54, 1.807) is 6.08 Å². The summed E-state index contributed by atoms with van der Waals surface area (Å²) in [6.07, 6.45) is 5.35. The third-order valence-electron chi connectivity index (χ3n) is 3.86. The molecule has 0 aromatic carbocycles. The molecule has 7 heteroatoms. The number of halogens is 3. The third-order valence-corrected chi connectivity index (χ3v) is 4.43. The third kappa shape index (κ3) is 7.62. The van der Waals surface area contributed by atoms with Gasteiger partial charge in [-0.05, 0) is 49.1 Å². The number of hydrogen-bond donors (Lipinski definition) is 1. The second kappa shape index (κ2) is 8.46. The van der Waals surface area contributed by atoms with Crippen molar-refractivity contribution in [3.63, 3.8) is 0 Å². The lowest BCUT2D eigenvalue weighted by Crippen LogP contribution is -2.39. The number of nitriles is 1. The van der Waals surface area contributed by atoms with Gasteiger partial charge in [-0.2, -0.15) is 18.4 Å². The molecule has 1 N–H and O–H groups in total. The maximum absolute atomic E-state index is 12.2. The number of alkyl halides is 3. The van der Waals surface area contributed by atoms with E-state index in [0.29, 0.717) is 13.0 Å². The van der Waals surface area contributed by atoms with Gasteiger partial charge in [0.25, 0.3) is 0 Å². The average molecular weight is 345 g/mol. The molecule has 0 aliphatic carbocycles. The van der Waals surface area contributed by atoms with Crippen LogP contribution in [0.4, 0.5) is 13.2 Å². The van der Waals surface area contributed by atoms with Gasteiger partial charge >= 0.3 is 5.51 Å². The Morgan fingerprint density at radius 1 is 1.43 bits per heavy atom. The normalized spacial score (nSPS) is 19.0. The van der Waals surface area contributed by atoms with Crippen LogP contribution in [0.15, 0.2) is 36.6 Å². The second-order valence-corrected chi connectivity index (χ2v) is 6.90. The van der Waals surface area contributed by atoms with Crippen molar-refractivity contribution in [2.24, 2.45) is 5.41 Å². The Hall–Kier alpha value is -1.39. The van der Waals surface area contributed by atoms with Crippen molar-refractivity contribution >= 4 is 11.9 Å². The summed E-state index contributed by atoms with van der Waals surface area (Å²) in [5, 5.41) is 8.85. The zero-order valence-electron chi connectivity index (χ0n) is 13.2. The lowest BCUT2D eigenvalue weighted by molar-refractivity contribution is -0.0333. The van der Waals surface area contributed by atoms with Gasteiger partial charge in [-0.15, -0.1) is 0 Å². The van der Waals surface area contributed by atoms with E-state index in [1.165, 1.54) is 6.08 Å². The number of nitrogens with zero attached hydrogens (tertiary/aromatic N) is 2. The summed E-state index contributed by atoms with van der Waals surface area (Å²) in [6.45, 7) is 11.8. The van der Waals surface area contributed by atoms with Crippen LogP contribution in [0.5, 0.6) is 0 Å². The first-order valence-corrected chi connectivity index (χ1v) is 8.11. The number of hydrogen-bond acceptors (Lipinski definition) is 4. The predicted octanol–water partition coefficient (Wildman–Crippen LogP) is 4.39. The van der Waals surface area contributed by atoms with E-state index in [0.717, 1.165) is 31.5 Å². The molecule has 1 saturated heterocycles. The second-order valence-electron chi connectivity index (χ2n) is 6.03. The molecule has 0 aromatic heterocycles. The van der Waals surface area contributed by atoms with Crippen LogP contribution in [0, 0.1) is 16.7 Å². The minimum atomic E-state index is -4.35.